The number of hydrogen-bond donors (Lipinski definition) is 2. The van der Waals surface area contributed by atoms with Crippen LogP contribution >= 0.6 is 12.2 Å². The first-order valence-corrected chi connectivity index (χ1v) is 8.68. The Kier molecular flexibility index (Phi) is 6.73. The van der Waals surface area contributed by atoms with Crippen LogP contribution in [0.2, 0.25) is 0 Å². The second-order valence-corrected chi connectivity index (χ2v) is 7.43. The Hall–Kier alpha value is -1.02. The van der Waals surface area contributed by atoms with Gasteiger partial charge in [0, 0.05) is 12.1 Å². The number of rotatable bonds is 8. The Bertz CT molecular complexity index is 598. The summed E-state index contributed by atoms with van der Waals surface area (Å²) in [6.07, 6.45) is 1.74. The van der Waals surface area contributed by atoms with Gasteiger partial charge in [0.1, 0.15) is 4.99 Å². The summed E-state index contributed by atoms with van der Waals surface area (Å²) in [7, 11) is 0.463. The number of nitrogens with two attached hydrogens (primary N) is 1. The summed E-state index contributed by atoms with van der Waals surface area (Å²) >= 11 is 4.89. The lowest BCUT2D eigenvalue weighted by Crippen LogP contribution is -2.26. The number of nitrogens with zero attached hydrogens (tertiary/aromatic N) is 1. The number of benzene rings is 1. The molecule has 0 fully saturated rings. The summed E-state index contributed by atoms with van der Waals surface area (Å²) in [4.78, 5) is 2.50. The fourth-order valence-electron chi connectivity index (χ4n) is 1.88. The van der Waals surface area contributed by atoms with Gasteiger partial charge in [0.15, 0.2) is 0 Å². The molecule has 0 amide bonds. The molecule has 0 saturated heterocycles. The minimum atomic E-state index is -3.53. The lowest BCUT2D eigenvalue weighted by Gasteiger charge is -2.12. The van der Waals surface area contributed by atoms with Gasteiger partial charge in [-0.3, -0.25) is 0 Å². The highest BCUT2D eigenvalue weighted by Gasteiger charge is 2.17. The van der Waals surface area contributed by atoms with Crippen LogP contribution in [0.3, 0.4) is 0 Å². The van der Waals surface area contributed by atoms with Crippen LogP contribution in [-0.4, -0.2) is 45.5 Å². The molecule has 0 radical (unpaired) electrons. The topological polar surface area (TPSA) is 75.4 Å². The molecule has 0 aromatic heterocycles. The zero-order chi connectivity index (χ0) is 16.0. The number of sulfonamides is 1. The number of aryl methyl sites for hydroxylation is 1. The summed E-state index contributed by atoms with van der Waals surface area (Å²) in [5.74, 6) is 0. The van der Waals surface area contributed by atoms with E-state index in [1.54, 1.807) is 19.1 Å². The predicted molar refractivity (Wildman–Crippen MR) is 90.0 cm³/mol. The molecule has 0 aliphatic carbocycles. The average molecular weight is 329 g/mol. The Labute approximate surface area is 132 Å². The maximum atomic E-state index is 12.3. The highest BCUT2D eigenvalue weighted by Crippen LogP contribution is 2.17. The Morgan fingerprint density at radius 1 is 1.33 bits per heavy atom. The van der Waals surface area contributed by atoms with E-state index in [1.165, 1.54) is 6.07 Å². The Balaban J connectivity index is 2.74. The van der Waals surface area contributed by atoms with Crippen molar-refractivity contribution in [2.24, 2.45) is 5.73 Å². The van der Waals surface area contributed by atoms with Crippen LogP contribution in [0.1, 0.15) is 24.0 Å². The highest BCUT2D eigenvalue weighted by atomic mass is 32.2. The first-order chi connectivity index (χ1) is 9.74. The third-order valence-electron chi connectivity index (χ3n) is 3.09. The van der Waals surface area contributed by atoms with Crippen molar-refractivity contribution in [1.29, 1.82) is 0 Å². The molecule has 1 aromatic rings. The van der Waals surface area contributed by atoms with E-state index >= 15 is 0 Å². The van der Waals surface area contributed by atoms with E-state index in [1.807, 2.05) is 14.1 Å². The van der Waals surface area contributed by atoms with Crippen LogP contribution in [0, 0.1) is 6.92 Å². The molecule has 0 saturated carbocycles. The predicted octanol–water partition coefficient (Wildman–Crippen LogP) is 1.25. The third-order valence-corrected chi connectivity index (χ3v) is 4.93. The molecule has 1 rings (SSSR count). The monoisotopic (exact) mass is 329 g/mol. The van der Waals surface area contributed by atoms with Crippen molar-refractivity contribution in [3.05, 3.63) is 29.3 Å². The SMILES string of the molecule is Cc1ccc(C(N)=S)cc1S(=O)(=O)NCCCCN(C)C. The molecule has 118 valence electrons. The van der Waals surface area contributed by atoms with Crippen LogP contribution in [0.4, 0.5) is 0 Å². The van der Waals surface area contributed by atoms with Crippen LogP contribution in [0.25, 0.3) is 0 Å². The number of nitrogens with one attached hydrogen (secondary N) is 1. The molecule has 0 spiro atoms. The van der Waals surface area contributed by atoms with Gasteiger partial charge < -0.3 is 10.6 Å². The minimum Gasteiger partial charge on any atom is -0.389 e. The van der Waals surface area contributed by atoms with Gasteiger partial charge in [0.25, 0.3) is 0 Å². The molecule has 7 heteroatoms. The Morgan fingerprint density at radius 2 is 2.00 bits per heavy atom. The fraction of sp³-hybridized carbons (Fsp3) is 0.500. The van der Waals surface area contributed by atoms with E-state index in [0.29, 0.717) is 17.7 Å². The van der Waals surface area contributed by atoms with Gasteiger partial charge in [-0.25, -0.2) is 13.1 Å². The second-order valence-electron chi connectivity index (χ2n) is 5.25. The lowest BCUT2D eigenvalue weighted by atomic mass is 10.1. The number of thiocarbonyl (C=S) groups is 1. The fourth-order valence-corrected chi connectivity index (χ4v) is 3.35. The van der Waals surface area contributed by atoms with Crippen molar-refractivity contribution in [1.82, 2.24) is 9.62 Å². The standard InChI is InChI=1S/C14H23N3O2S2/c1-11-6-7-12(14(15)20)10-13(11)21(18,19)16-8-4-5-9-17(2)3/h6-7,10,16H,4-5,8-9H2,1-3H3,(H2,15,20). The van der Waals surface area contributed by atoms with E-state index in [9.17, 15) is 8.42 Å². The quantitative estimate of drug-likeness (QED) is 0.554. The van der Waals surface area contributed by atoms with Gasteiger partial charge in [-0.1, -0.05) is 24.4 Å². The molecule has 0 heterocycles. The maximum Gasteiger partial charge on any atom is 0.240 e. The summed E-state index contributed by atoms with van der Waals surface area (Å²) in [6, 6.07) is 4.97. The second kappa shape index (κ2) is 7.84. The summed E-state index contributed by atoms with van der Waals surface area (Å²) < 4.78 is 27.3. The molecule has 3 N–H and O–H groups in total. The molecule has 0 unspecified atom stereocenters. The van der Waals surface area contributed by atoms with E-state index < -0.39 is 10.0 Å². The van der Waals surface area contributed by atoms with Crippen LogP contribution in [-0.2, 0) is 10.0 Å². The third kappa shape index (κ3) is 5.70. The van der Waals surface area contributed by atoms with Crippen LogP contribution in [0.15, 0.2) is 23.1 Å². The van der Waals surface area contributed by atoms with E-state index in [4.69, 9.17) is 18.0 Å². The first-order valence-electron chi connectivity index (χ1n) is 6.79. The van der Waals surface area contributed by atoms with Gasteiger partial charge in [0.2, 0.25) is 10.0 Å². The van der Waals surface area contributed by atoms with Crippen LogP contribution in [0.5, 0.6) is 0 Å². The first kappa shape index (κ1) is 18.0. The molecular weight excluding hydrogens is 306 g/mol. The van der Waals surface area contributed by atoms with Crippen molar-refractivity contribution in [2.75, 3.05) is 27.2 Å². The van der Waals surface area contributed by atoms with Crippen molar-refractivity contribution in [3.63, 3.8) is 0 Å². The normalized spacial score (nSPS) is 11.8. The average Bonchev–Trinajstić information content (AvgIpc) is 2.37. The highest BCUT2D eigenvalue weighted by molar-refractivity contribution is 7.89. The van der Waals surface area contributed by atoms with Crippen molar-refractivity contribution < 1.29 is 8.42 Å². The van der Waals surface area contributed by atoms with E-state index in [0.717, 1.165) is 19.4 Å². The minimum absolute atomic E-state index is 0.192. The number of hydrogen-bond acceptors (Lipinski definition) is 4. The molecule has 1 aromatic carbocycles. The zero-order valence-corrected chi connectivity index (χ0v) is 14.4. The molecule has 21 heavy (non-hydrogen) atoms. The molecule has 0 aliphatic heterocycles. The Morgan fingerprint density at radius 3 is 2.57 bits per heavy atom. The molecule has 5 nitrogen and oxygen atoms in total. The van der Waals surface area contributed by atoms with E-state index in [2.05, 4.69) is 9.62 Å². The van der Waals surface area contributed by atoms with Gasteiger partial charge in [-0.15, -0.1) is 0 Å². The van der Waals surface area contributed by atoms with E-state index in [-0.39, 0.29) is 9.88 Å². The maximum absolute atomic E-state index is 12.3. The molecule has 0 aliphatic rings. The zero-order valence-electron chi connectivity index (χ0n) is 12.7. The van der Waals surface area contributed by atoms with Gasteiger partial charge >= 0.3 is 0 Å². The van der Waals surface area contributed by atoms with Gasteiger partial charge in [0.05, 0.1) is 4.90 Å². The molecule has 0 atom stereocenters. The lowest BCUT2D eigenvalue weighted by molar-refractivity contribution is 0.394. The molecular formula is C14H23N3O2S2. The number of unbranched alkanes of at least 4 members (excludes halogenated alkanes) is 1. The molecule has 0 bridgehead atoms. The summed E-state index contributed by atoms with van der Waals surface area (Å²) in [5, 5.41) is 0. The van der Waals surface area contributed by atoms with Gasteiger partial charge in [-0.05, 0) is 52.0 Å². The van der Waals surface area contributed by atoms with Crippen molar-refractivity contribution in [2.45, 2.75) is 24.7 Å². The van der Waals surface area contributed by atoms with Crippen molar-refractivity contribution >= 4 is 27.2 Å². The largest absolute Gasteiger partial charge is 0.389 e. The smallest absolute Gasteiger partial charge is 0.240 e. The van der Waals surface area contributed by atoms with Gasteiger partial charge in [-0.2, -0.15) is 0 Å². The van der Waals surface area contributed by atoms with Crippen LogP contribution < -0.4 is 10.5 Å². The summed E-state index contributed by atoms with van der Waals surface area (Å²) in [5.41, 5.74) is 6.79. The summed E-state index contributed by atoms with van der Waals surface area (Å²) in [6.45, 7) is 3.12. The van der Waals surface area contributed by atoms with Crippen molar-refractivity contribution in [3.8, 4) is 0 Å².